The van der Waals surface area contributed by atoms with Crippen molar-refractivity contribution in [1.82, 2.24) is 0 Å². The smallest absolute Gasteiger partial charge is 0.122 e. The van der Waals surface area contributed by atoms with Crippen LogP contribution in [0, 0.1) is 5.92 Å². The summed E-state index contributed by atoms with van der Waals surface area (Å²) in [5.74, 6) is 1.58. The van der Waals surface area contributed by atoms with Gasteiger partial charge in [-0.15, -0.1) is 0 Å². The summed E-state index contributed by atoms with van der Waals surface area (Å²) >= 11 is 0. The molecule has 1 aromatic carbocycles. The molecule has 0 aliphatic carbocycles. The molecule has 0 saturated carbocycles. The van der Waals surface area contributed by atoms with Crippen LogP contribution in [0.15, 0.2) is 18.2 Å². The van der Waals surface area contributed by atoms with Gasteiger partial charge in [-0.2, -0.15) is 0 Å². The highest BCUT2D eigenvalue weighted by Crippen LogP contribution is 2.32. The van der Waals surface area contributed by atoms with Gasteiger partial charge in [0.15, 0.2) is 0 Å². The largest absolute Gasteiger partial charge is 0.493 e. The van der Waals surface area contributed by atoms with E-state index >= 15 is 0 Å². The van der Waals surface area contributed by atoms with Gasteiger partial charge in [-0.25, -0.2) is 0 Å². The van der Waals surface area contributed by atoms with E-state index in [1.54, 1.807) is 0 Å². The maximum atomic E-state index is 10.3. The molecule has 2 aliphatic rings. The number of hydrogen-bond acceptors (Lipinski definition) is 3. The normalized spacial score (nSPS) is 21.4. The van der Waals surface area contributed by atoms with E-state index < -0.39 is 0 Å². The molecule has 3 rings (SSSR count). The topological polar surface area (TPSA) is 38.7 Å². The maximum absolute atomic E-state index is 10.3. The van der Waals surface area contributed by atoms with Gasteiger partial charge in [-0.3, -0.25) is 0 Å². The van der Waals surface area contributed by atoms with Crippen LogP contribution in [0.3, 0.4) is 0 Å². The lowest BCUT2D eigenvalue weighted by atomic mass is 9.90. The number of fused-ring (bicyclic) bond motifs is 1. The number of rotatable bonds is 3. The molecule has 0 aromatic heterocycles. The highest BCUT2D eigenvalue weighted by molar-refractivity contribution is 5.40. The molecule has 98 valence electrons. The summed E-state index contributed by atoms with van der Waals surface area (Å²) in [7, 11) is 0. The fraction of sp³-hybridized carbons (Fsp3) is 0.600. The SMILES string of the molecule is OC(CC1CCOCC1)c1ccc2c(c1)CCO2. The van der Waals surface area contributed by atoms with Gasteiger partial charge in [0.2, 0.25) is 0 Å². The van der Waals surface area contributed by atoms with E-state index in [4.69, 9.17) is 9.47 Å². The van der Waals surface area contributed by atoms with Crippen molar-refractivity contribution < 1.29 is 14.6 Å². The van der Waals surface area contributed by atoms with Crippen molar-refractivity contribution in [1.29, 1.82) is 0 Å². The third-order valence-corrected chi connectivity index (χ3v) is 4.00. The van der Waals surface area contributed by atoms with Gasteiger partial charge in [0, 0.05) is 19.6 Å². The zero-order valence-corrected chi connectivity index (χ0v) is 10.6. The van der Waals surface area contributed by atoms with Gasteiger partial charge in [0.25, 0.3) is 0 Å². The van der Waals surface area contributed by atoms with E-state index in [1.165, 1.54) is 5.56 Å². The third-order valence-electron chi connectivity index (χ3n) is 4.00. The fourth-order valence-electron chi connectivity index (χ4n) is 2.85. The van der Waals surface area contributed by atoms with Gasteiger partial charge in [0.05, 0.1) is 12.7 Å². The molecule has 2 heterocycles. The average Bonchev–Trinajstić information content (AvgIpc) is 2.87. The Bertz CT molecular complexity index is 410. The van der Waals surface area contributed by atoms with E-state index in [0.29, 0.717) is 5.92 Å². The fourth-order valence-corrected chi connectivity index (χ4v) is 2.85. The monoisotopic (exact) mass is 248 g/mol. The highest BCUT2D eigenvalue weighted by atomic mass is 16.5. The second-order valence-electron chi connectivity index (χ2n) is 5.27. The summed E-state index contributed by atoms with van der Waals surface area (Å²) in [6.07, 6.45) is 3.62. The van der Waals surface area contributed by atoms with Crippen molar-refractivity contribution in [3.8, 4) is 5.75 Å². The van der Waals surface area contributed by atoms with E-state index in [0.717, 1.165) is 56.8 Å². The molecular weight excluding hydrogens is 228 g/mol. The van der Waals surface area contributed by atoms with Gasteiger partial charge >= 0.3 is 0 Å². The predicted molar refractivity (Wildman–Crippen MR) is 68.8 cm³/mol. The Morgan fingerprint density at radius 2 is 2.06 bits per heavy atom. The minimum absolute atomic E-state index is 0.348. The van der Waals surface area contributed by atoms with Crippen LogP contribution in [0.1, 0.15) is 36.5 Å². The number of aliphatic hydroxyl groups excluding tert-OH is 1. The highest BCUT2D eigenvalue weighted by Gasteiger charge is 2.20. The molecule has 1 atom stereocenters. The van der Waals surface area contributed by atoms with Crippen LogP contribution in [-0.2, 0) is 11.2 Å². The van der Waals surface area contributed by atoms with E-state index in [9.17, 15) is 5.11 Å². The van der Waals surface area contributed by atoms with Crippen LogP contribution in [0.2, 0.25) is 0 Å². The Hall–Kier alpha value is -1.06. The molecule has 1 aromatic rings. The average molecular weight is 248 g/mol. The molecule has 0 amide bonds. The molecule has 0 bridgehead atoms. The second kappa shape index (κ2) is 5.29. The second-order valence-corrected chi connectivity index (χ2v) is 5.27. The molecule has 3 nitrogen and oxygen atoms in total. The number of aliphatic hydroxyl groups is 1. The van der Waals surface area contributed by atoms with Crippen LogP contribution in [0.25, 0.3) is 0 Å². The molecular formula is C15H20O3. The standard InChI is InChI=1S/C15H20O3/c16-14(9-11-3-6-17-7-4-11)12-1-2-15-13(10-12)5-8-18-15/h1-2,10-11,14,16H,3-9H2. The molecule has 0 spiro atoms. The zero-order chi connectivity index (χ0) is 12.4. The van der Waals surface area contributed by atoms with Gasteiger partial charge < -0.3 is 14.6 Å². The van der Waals surface area contributed by atoms with Gasteiger partial charge in [-0.05, 0) is 48.4 Å². The van der Waals surface area contributed by atoms with Crippen LogP contribution < -0.4 is 4.74 Å². The maximum Gasteiger partial charge on any atom is 0.122 e. The first-order valence-corrected chi connectivity index (χ1v) is 6.84. The minimum Gasteiger partial charge on any atom is -0.493 e. The third kappa shape index (κ3) is 2.52. The predicted octanol–water partition coefficient (Wildman–Crippen LogP) is 2.47. The van der Waals surface area contributed by atoms with Crippen molar-refractivity contribution in [2.24, 2.45) is 5.92 Å². The van der Waals surface area contributed by atoms with E-state index in [2.05, 4.69) is 6.07 Å². The van der Waals surface area contributed by atoms with Gasteiger partial charge in [-0.1, -0.05) is 6.07 Å². The number of ether oxygens (including phenoxy) is 2. The van der Waals surface area contributed by atoms with Crippen molar-refractivity contribution in [3.63, 3.8) is 0 Å². The first-order valence-electron chi connectivity index (χ1n) is 6.84. The van der Waals surface area contributed by atoms with Crippen molar-refractivity contribution in [2.45, 2.75) is 31.8 Å². The molecule has 1 unspecified atom stereocenters. The molecule has 1 saturated heterocycles. The number of hydrogen-bond donors (Lipinski definition) is 1. The van der Waals surface area contributed by atoms with Crippen molar-refractivity contribution in [3.05, 3.63) is 29.3 Å². The lowest BCUT2D eigenvalue weighted by Gasteiger charge is -2.24. The summed E-state index contributed by atoms with van der Waals surface area (Å²) in [5, 5.41) is 10.3. The Labute approximate surface area is 108 Å². The number of benzene rings is 1. The van der Waals surface area contributed by atoms with Crippen LogP contribution in [0.4, 0.5) is 0 Å². The van der Waals surface area contributed by atoms with Crippen LogP contribution in [-0.4, -0.2) is 24.9 Å². The molecule has 3 heteroatoms. The first-order chi connectivity index (χ1) is 8.83. The summed E-state index contributed by atoms with van der Waals surface area (Å²) in [6.45, 7) is 2.46. The van der Waals surface area contributed by atoms with Crippen molar-refractivity contribution >= 4 is 0 Å². The minimum atomic E-state index is -0.348. The Morgan fingerprint density at radius 1 is 1.22 bits per heavy atom. The van der Waals surface area contributed by atoms with Crippen LogP contribution >= 0.6 is 0 Å². The molecule has 18 heavy (non-hydrogen) atoms. The summed E-state index contributed by atoms with van der Waals surface area (Å²) in [4.78, 5) is 0. The lowest BCUT2D eigenvalue weighted by molar-refractivity contribution is 0.0435. The lowest BCUT2D eigenvalue weighted by Crippen LogP contribution is -2.18. The zero-order valence-electron chi connectivity index (χ0n) is 10.6. The molecule has 0 radical (unpaired) electrons. The summed E-state index contributed by atoms with van der Waals surface area (Å²) in [6, 6.07) is 6.09. The van der Waals surface area contributed by atoms with Crippen LogP contribution in [0.5, 0.6) is 5.75 Å². The van der Waals surface area contributed by atoms with Gasteiger partial charge in [0.1, 0.15) is 5.75 Å². The molecule has 2 aliphatic heterocycles. The molecule has 1 N–H and O–H groups in total. The Morgan fingerprint density at radius 3 is 2.89 bits per heavy atom. The van der Waals surface area contributed by atoms with E-state index in [1.807, 2.05) is 12.1 Å². The Kier molecular flexibility index (Phi) is 3.52. The first kappa shape index (κ1) is 12.0. The molecule has 1 fully saturated rings. The summed E-state index contributed by atoms with van der Waals surface area (Å²) < 4.78 is 10.8. The Balaban J connectivity index is 1.66. The summed E-state index contributed by atoms with van der Waals surface area (Å²) in [5.41, 5.74) is 2.27. The van der Waals surface area contributed by atoms with E-state index in [-0.39, 0.29) is 6.10 Å². The van der Waals surface area contributed by atoms with Crippen molar-refractivity contribution in [2.75, 3.05) is 19.8 Å². The quantitative estimate of drug-likeness (QED) is 0.893.